The van der Waals surface area contributed by atoms with Crippen molar-refractivity contribution in [3.05, 3.63) is 29.3 Å². The number of nitrogens with one attached hydrogen (secondary N) is 1. The Kier molecular flexibility index (Phi) is 3.45. The first-order valence-electron chi connectivity index (χ1n) is 5.36. The number of hydrogen-bond acceptors (Lipinski definition) is 3. The van der Waals surface area contributed by atoms with E-state index in [9.17, 15) is 0 Å². The molecular formula is C12H15ClN2S. The molecule has 0 spiro atoms. The third kappa shape index (κ3) is 2.71. The molecule has 0 saturated carbocycles. The van der Waals surface area contributed by atoms with Gasteiger partial charge in [-0.1, -0.05) is 36.4 Å². The Morgan fingerprint density at radius 1 is 1.56 bits per heavy atom. The number of halogens is 1. The molecule has 1 heterocycles. The Bertz CT molecular complexity index is 419. The van der Waals surface area contributed by atoms with Crippen molar-refractivity contribution in [1.29, 1.82) is 0 Å². The summed E-state index contributed by atoms with van der Waals surface area (Å²) in [4.78, 5) is 4.69. The van der Waals surface area contributed by atoms with E-state index in [1.54, 1.807) is 11.8 Å². The van der Waals surface area contributed by atoms with Crippen molar-refractivity contribution in [2.75, 3.05) is 11.1 Å². The van der Waals surface area contributed by atoms with Gasteiger partial charge in [0, 0.05) is 16.5 Å². The van der Waals surface area contributed by atoms with Crippen LogP contribution in [0.5, 0.6) is 0 Å². The van der Waals surface area contributed by atoms with Crippen LogP contribution in [0.2, 0.25) is 5.02 Å². The number of thioether (sulfide) groups is 1. The maximum absolute atomic E-state index is 5.93. The van der Waals surface area contributed by atoms with E-state index in [-0.39, 0.29) is 5.54 Å². The van der Waals surface area contributed by atoms with Crippen LogP contribution in [0.1, 0.15) is 20.3 Å². The Hall–Kier alpha value is -0.670. The fourth-order valence-corrected chi connectivity index (χ4v) is 2.85. The Balaban J connectivity index is 2.09. The molecule has 0 saturated heterocycles. The fraction of sp³-hybridized carbons (Fsp3) is 0.417. The first kappa shape index (κ1) is 11.8. The molecule has 1 atom stereocenters. The summed E-state index contributed by atoms with van der Waals surface area (Å²) < 4.78 is 0. The van der Waals surface area contributed by atoms with Crippen LogP contribution in [0, 0.1) is 0 Å². The van der Waals surface area contributed by atoms with Crippen LogP contribution in [0.15, 0.2) is 29.3 Å². The van der Waals surface area contributed by atoms with Crippen molar-refractivity contribution in [1.82, 2.24) is 0 Å². The minimum Gasteiger partial charge on any atom is -0.335 e. The Morgan fingerprint density at radius 2 is 2.38 bits per heavy atom. The quantitative estimate of drug-likeness (QED) is 0.862. The van der Waals surface area contributed by atoms with Gasteiger partial charge in [0.15, 0.2) is 5.17 Å². The van der Waals surface area contributed by atoms with E-state index in [1.165, 1.54) is 0 Å². The summed E-state index contributed by atoms with van der Waals surface area (Å²) in [7, 11) is 0. The van der Waals surface area contributed by atoms with Crippen LogP contribution in [0.3, 0.4) is 0 Å². The van der Waals surface area contributed by atoms with Crippen LogP contribution >= 0.6 is 23.4 Å². The fourth-order valence-electron chi connectivity index (χ4n) is 1.47. The van der Waals surface area contributed by atoms with Crippen LogP contribution in [-0.4, -0.2) is 16.5 Å². The number of benzene rings is 1. The standard InChI is InChI=1S/C12H15ClN2S/c1-3-12(2)8-16-11(15-12)14-10-6-4-5-9(13)7-10/h4-7H,3,8H2,1-2H3,(H,14,15). The summed E-state index contributed by atoms with van der Waals surface area (Å²) in [6, 6.07) is 7.71. The summed E-state index contributed by atoms with van der Waals surface area (Å²) in [6.07, 6.45) is 1.07. The first-order chi connectivity index (χ1) is 7.61. The van der Waals surface area contributed by atoms with Gasteiger partial charge in [-0.05, 0) is 31.5 Å². The van der Waals surface area contributed by atoms with Crippen molar-refractivity contribution >= 4 is 34.2 Å². The molecule has 0 fully saturated rings. The van der Waals surface area contributed by atoms with Crippen LogP contribution in [0.4, 0.5) is 5.69 Å². The van der Waals surface area contributed by atoms with Crippen molar-refractivity contribution < 1.29 is 0 Å². The highest BCUT2D eigenvalue weighted by atomic mass is 35.5. The zero-order valence-electron chi connectivity index (χ0n) is 9.46. The number of hydrogen-bond donors (Lipinski definition) is 1. The topological polar surface area (TPSA) is 24.4 Å². The lowest BCUT2D eigenvalue weighted by Gasteiger charge is -2.15. The molecule has 1 aromatic rings. The van der Waals surface area contributed by atoms with Gasteiger partial charge in [-0.3, -0.25) is 4.99 Å². The molecule has 0 aliphatic carbocycles. The average molecular weight is 255 g/mol. The molecule has 1 N–H and O–H groups in total. The second-order valence-electron chi connectivity index (χ2n) is 4.19. The van der Waals surface area contributed by atoms with Gasteiger partial charge in [0.05, 0.1) is 5.54 Å². The summed E-state index contributed by atoms with van der Waals surface area (Å²) in [6.45, 7) is 4.36. The molecular weight excluding hydrogens is 240 g/mol. The van der Waals surface area contributed by atoms with E-state index in [2.05, 4.69) is 24.2 Å². The van der Waals surface area contributed by atoms with E-state index in [0.29, 0.717) is 0 Å². The van der Waals surface area contributed by atoms with Gasteiger partial charge in [-0.15, -0.1) is 0 Å². The van der Waals surface area contributed by atoms with Gasteiger partial charge in [-0.25, -0.2) is 0 Å². The van der Waals surface area contributed by atoms with Crippen LogP contribution in [0.25, 0.3) is 0 Å². The smallest absolute Gasteiger partial charge is 0.161 e. The predicted octanol–water partition coefficient (Wildman–Crippen LogP) is 4.02. The average Bonchev–Trinajstić information content (AvgIpc) is 2.61. The van der Waals surface area contributed by atoms with Gasteiger partial charge >= 0.3 is 0 Å². The molecule has 1 aliphatic heterocycles. The number of aliphatic imine (C=N–C) groups is 1. The van der Waals surface area contributed by atoms with Gasteiger partial charge in [-0.2, -0.15) is 0 Å². The molecule has 2 rings (SSSR count). The maximum atomic E-state index is 5.93. The molecule has 0 radical (unpaired) electrons. The van der Waals surface area contributed by atoms with Crippen molar-refractivity contribution in [3.63, 3.8) is 0 Å². The lowest BCUT2D eigenvalue weighted by Crippen LogP contribution is -2.20. The highest BCUT2D eigenvalue weighted by molar-refractivity contribution is 8.14. The van der Waals surface area contributed by atoms with Gasteiger partial charge in [0.2, 0.25) is 0 Å². The highest BCUT2D eigenvalue weighted by Crippen LogP contribution is 2.30. The molecule has 16 heavy (non-hydrogen) atoms. The SMILES string of the molecule is CCC1(C)CSC(Nc2cccc(Cl)c2)=N1. The van der Waals surface area contributed by atoms with Gasteiger partial charge in [0.25, 0.3) is 0 Å². The lowest BCUT2D eigenvalue weighted by atomic mass is 10.0. The zero-order chi connectivity index (χ0) is 11.6. The van der Waals surface area contributed by atoms with E-state index in [4.69, 9.17) is 11.6 Å². The Labute approximate surface area is 105 Å². The monoisotopic (exact) mass is 254 g/mol. The number of nitrogens with zero attached hydrogens (tertiary/aromatic N) is 1. The third-order valence-electron chi connectivity index (χ3n) is 2.73. The van der Waals surface area contributed by atoms with E-state index in [1.807, 2.05) is 24.3 Å². The van der Waals surface area contributed by atoms with E-state index in [0.717, 1.165) is 28.1 Å². The van der Waals surface area contributed by atoms with E-state index >= 15 is 0 Å². The van der Waals surface area contributed by atoms with Crippen molar-refractivity contribution in [2.45, 2.75) is 25.8 Å². The summed E-state index contributed by atoms with van der Waals surface area (Å²) in [5.74, 6) is 1.05. The number of rotatable bonds is 2. The summed E-state index contributed by atoms with van der Waals surface area (Å²) >= 11 is 7.70. The van der Waals surface area contributed by atoms with Crippen LogP contribution in [-0.2, 0) is 0 Å². The maximum Gasteiger partial charge on any atom is 0.161 e. The summed E-state index contributed by atoms with van der Waals surface area (Å²) in [5.41, 5.74) is 1.09. The molecule has 0 bridgehead atoms. The molecule has 1 aliphatic rings. The lowest BCUT2D eigenvalue weighted by molar-refractivity contribution is 0.523. The molecule has 4 heteroatoms. The highest BCUT2D eigenvalue weighted by Gasteiger charge is 2.28. The van der Waals surface area contributed by atoms with Crippen molar-refractivity contribution in [3.8, 4) is 0 Å². The van der Waals surface area contributed by atoms with E-state index < -0.39 is 0 Å². The summed E-state index contributed by atoms with van der Waals surface area (Å²) in [5, 5.41) is 5.03. The first-order valence-corrected chi connectivity index (χ1v) is 6.73. The molecule has 0 aromatic heterocycles. The zero-order valence-corrected chi connectivity index (χ0v) is 11.0. The van der Waals surface area contributed by atoms with Gasteiger partial charge < -0.3 is 5.32 Å². The molecule has 1 aromatic carbocycles. The van der Waals surface area contributed by atoms with Gasteiger partial charge in [0.1, 0.15) is 0 Å². The van der Waals surface area contributed by atoms with Crippen LogP contribution < -0.4 is 5.32 Å². The Morgan fingerprint density at radius 3 is 3.00 bits per heavy atom. The largest absolute Gasteiger partial charge is 0.335 e. The third-order valence-corrected chi connectivity index (χ3v) is 4.20. The molecule has 86 valence electrons. The molecule has 0 amide bonds. The normalized spacial score (nSPS) is 24.3. The molecule has 2 nitrogen and oxygen atoms in total. The second kappa shape index (κ2) is 4.68. The second-order valence-corrected chi connectivity index (χ2v) is 5.59. The predicted molar refractivity (Wildman–Crippen MR) is 73.7 cm³/mol. The minimum absolute atomic E-state index is 0.0889. The van der Waals surface area contributed by atoms with Crippen molar-refractivity contribution in [2.24, 2.45) is 4.99 Å². The minimum atomic E-state index is 0.0889. The number of anilines is 1. The number of amidine groups is 1. The molecule has 1 unspecified atom stereocenters.